The summed E-state index contributed by atoms with van der Waals surface area (Å²) >= 11 is 0. The number of aliphatic imine (C=N–C) groups is 1. The number of hydrogen-bond donors (Lipinski definition) is 2. The molecule has 5 nitrogen and oxygen atoms in total. The Hall–Kier alpha value is -0.530. The van der Waals surface area contributed by atoms with Crippen LogP contribution in [0.4, 0.5) is 0 Å². The summed E-state index contributed by atoms with van der Waals surface area (Å²) in [6.07, 6.45) is 2.54. The van der Waals surface area contributed by atoms with Crippen molar-refractivity contribution < 1.29 is 4.79 Å². The van der Waals surface area contributed by atoms with E-state index in [0.29, 0.717) is 13.1 Å². The minimum atomic E-state index is -0.340. The molecule has 1 rings (SSSR count). The monoisotopic (exact) mass is 452 g/mol. The van der Waals surface area contributed by atoms with Gasteiger partial charge in [-0.25, -0.2) is 0 Å². The van der Waals surface area contributed by atoms with Crippen LogP contribution in [0.5, 0.6) is 0 Å². The maximum absolute atomic E-state index is 11.9. The molecular formula is C18H37IN4O. The van der Waals surface area contributed by atoms with E-state index in [4.69, 9.17) is 0 Å². The molecule has 1 aliphatic heterocycles. The molecule has 1 saturated heterocycles. The lowest BCUT2D eigenvalue weighted by atomic mass is 9.96. The lowest BCUT2D eigenvalue weighted by molar-refractivity contribution is -0.128. The third-order valence-corrected chi connectivity index (χ3v) is 4.07. The number of nitrogens with zero attached hydrogens (tertiary/aromatic N) is 2. The number of hydrogen-bond acceptors (Lipinski definition) is 2. The molecule has 24 heavy (non-hydrogen) atoms. The first-order chi connectivity index (χ1) is 10.7. The van der Waals surface area contributed by atoms with E-state index in [0.717, 1.165) is 37.4 Å². The van der Waals surface area contributed by atoms with Crippen molar-refractivity contribution in [3.8, 4) is 0 Å². The highest BCUT2D eigenvalue weighted by atomic mass is 127. The molecule has 0 aromatic carbocycles. The van der Waals surface area contributed by atoms with E-state index >= 15 is 0 Å². The zero-order valence-electron chi connectivity index (χ0n) is 16.3. The van der Waals surface area contributed by atoms with E-state index in [1.54, 1.807) is 0 Å². The van der Waals surface area contributed by atoms with E-state index in [2.05, 4.69) is 41.3 Å². The molecule has 0 spiro atoms. The van der Waals surface area contributed by atoms with Crippen LogP contribution in [0.3, 0.4) is 0 Å². The fourth-order valence-electron chi connectivity index (χ4n) is 2.91. The highest BCUT2D eigenvalue weighted by Gasteiger charge is 2.25. The average molecular weight is 452 g/mol. The summed E-state index contributed by atoms with van der Waals surface area (Å²) in [6.45, 7) is 16.7. The average Bonchev–Trinajstić information content (AvgIpc) is 2.88. The Morgan fingerprint density at radius 3 is 2.50 bits per heavy atom. The second-order valence-corrected chi connectivity index (χ2v) is 7.97. The van der Waals surface area contributed by atoms with Gasteiger partial charge in [-0.3, -0.25) is 9.79 Å². The topological polar surface area (TPSA) is 56.7 Å². The third kappa shape index (κ3) is 8.53. The molecule has 1 fully saturated rings. The van der Waals surface area contributed by atoms with Crippen LogP contribution >= 0.6 is 24.0 Å². The number of carbonyl (C=O) groups excluding carboxylic acids is 1. The molecule has 142 valence electrons. The van der Waals surface area contributed by atoms with Crippen LogP contribution in [0.15, 0.2) is 4.99 Å². The lowest BCUT2D eigenvalue weighted by Crippen LogP contribution is -2.41. The predicted molar refractivity (Wildman–Crippen MR) is 113 cm³/mol. The Bertz CT molecular complexity index is 404. The summed E-state index contributed by atoms with van der Waals surface area (Å²) in [4.78, 5) is 18.9. The van der Waals surface area contributed by atoms with Crippen LogP contribution in [-0.2, 0) is 4.79 Å². The van der Waals surface area contributed by atoms with Gasteiger partial charge in [-0.1, -0.05) is 34.6 Å². The fourth-order valence-corrected chi connectivity index (χ4v) is 2.91. The van der Waals surface area contributed by atoms with Crippen molar-refractivity contribution in [1.82, 2.24) is 15.5 Å². The minimum Gasteiger partial charge on any atom is -0.357 e. The lowest BCUT2D eigenvalue weighted by Gasteiger charge is -2.22. The molecule has 0 radical (unpaired) electrons. The molecule has 6 heteroatoms. The van der Waals surface area contributed by atoms with Gasteiger partial charge in [0.15, 0.2) is 5.96 Å². The minimum absolute atomic E-state index is 0. The van der Waals surface area contributed by atoms with Crippen molar-refractivity contribution in [2.24, 2.45) is 22.2 Å². The van der Waals surface area contributed by atoms with E-state index < -0.39 is 0 Å². The first-order valence-corrected chi connectivity index (χ1v) is 9.05. The van der Waals surface area contributed by atoms with Crippen molar-refractivity contribution in [2.75, 3.05) is 32.7 Å². The van der Waals surface area contributed by atoms with Gasteiger partial charge in [-0.2, -0.15) is 0 Å². The second-order valence-electron chi connectivity index (χ2n) is 7.97. The molecular weight excluding hydrogens is 415 g/mol. The van der Waals surface area contributed by atoms with Crippen molar-refractivity contribution >= 4 is 35.8 Å². The van der Waals surface area contributed by atoms with Gasteiger partial charge in [-0.05, 0) is 31.6 Å². The van der Waals surface area contributed by atoms with Gasteiger partial charge in [-0.15, -0.1) is 24.0 Å². The fraction of sp³-hybridized carbons (Fsp3) is 0.889. The molecule has 1 amide bonds. The van der Waals surface area contributed by atoms with Gasteiger partial charge in [0.1, 0.15) is 0 Å². The van der Waals surface area contributed by atoms with E-state index in [-0.39, 0.29) is 35.3 Å². The molecule has 1 heterocycles. The molecule has 1 atom stereocenters. The Morgan fingerprint density at radius 1 is 1.29 bits per heavy atom. The summed E-state index contributed by atoms with van der Waals surface area (Å²) in [5.74, 6) is 2.60. The van der Waals surface area contributed by atoms with E-state index in [9.17, 15) is 4.79 Å². The molecule has 0 saturated carbocycles. The summed E-state index contributed by atoms with van der Waals surface area (Å²) < 4.78 is 0. The van der Waals surface area contributed by atoms with Crippen LogP contribution in [0, 0.1) is 17.3 Å². The Labute approximate surface area is 165 Å². The largest absolute Gasteiger partial charge is 0.357 e. The van der Waals surface area contributed by atoms with E-state index in [1.807, 2.05) is 20.8 Å². The number of halogens is 1. The first kappa shape index (κ1) is 23.5. The number of rotatable bonds is 6. The van der Waals surface area contributed by atoms with Crippen LogP contribution in [0.2, 0.25) is 0 Å². The third-order valence-electron chi connectivity index (χ3n) is 4.07. The van der Waals surface area contributed by atoms with Gasteiger partial charge in [0.25, 0.3) is 0 Å². The number of nitrogens with one attached hydrogen (secondary N) is 2. The van der Waals surface area contributed by atoms with Gasteiger partial charge in [0, 0.05) is 31.6 Å². The molecule has 0 bridgehead atoms. The summed E-state index contributed by atoms with van der Waals surface area (Å²) in [5, 5.41) is 6.33. The van der Waals surface area contributed by atoms with E-state index in [1.165, 1.54) is 12.8 Å². The molecule has 0 aliphatic carbocycles. The van der Waals surface area contributed by atoms with Crippen molar-refractivity contribution in [3.05, 3.63) is 0 Å². The first-order valence-electron chi connectivity index (χ1n) is 9.05. The van der Waals surface area contributed by atoms with Gasteiger partial charge in [0.2, 0.25) is 5.91 Å². The zero-order chi connectivity index (χ0) is 17.5. The Kier molecular flexibility index (Phi) is 10.9. The number of amides is 1. The predicted octanol–water partition coefficient (Wildman–Crippen LogP) is 3.10. The van der Waals surface area contributed by atoms with Crippen LogP contribution in [0.1, 0.15) is 54.4 Å². The number of likely N-dealkylation sites (tertiary alicyclic amines) is 1. The molecule has 0 aromatic heterocycles. The number of carbonyl (C=O) groups is 1. The highest BCUT2D eigenvalue weighted by molar-refractivity contribution is 14.0. The van der Waals surface area contributed by atoms with Gasteiger partial charge >= 0.3 is 0 Å². The van der Waals surface area contributed by atoms with Gasteiger partial charge in [0.05, 0.1) is 6.54 Å². The zero-order valence-corrected chi connectivity index (χ0v) is 18.6. The van der Waals surface area contributed by atoms with Crippen molar-refractivity contribution in [3.63, 3.8) is 0 Å². The summed E-state index contributed by atoms with van der Waals surface area (Å²) in [6, 6.07) is 0. The Balaban J connectivity index is 0.00000529. The van der Waals surface area contributed by atoms with Crippen LogP contribution < -0.4 is 10.6 Å². The maximum atomic E-state index is 11.9. The molecule has 2 N–H and O–H groups in total. The van der Waals surface area contributed by atoms with Crippen LogP contribution in [0.25, 0.3) is 0 Å². The van der Waals surface area contributed by atoms with Crippen LogP contribution in [-0.4, -0.2) is 49.5 Å². The standard InChI is InChI=1S/C18H36N4O.HI/c1-7-19-17(21-10-9-20-16(23)18(4,5)6)22-11-8-15(13-22)12-14(2)3;/h14-15H,7-13H2,1-6H3,(H,19,21)(H,20,23);1H. The maximum Gasteiger partial charge on any atom is 0.225 e. The second kappa shape index (κ2) is 11.2. The smallest absolute Gasteiger partial charge is 0.225 e. The molecule has 0 aromatic rings. The quantitative estimate of drug-likeness (QED) is 0.282. The number of guanidine groups is 1. The normalized spacial score (nSPS) is 18.5. The molecule has 1 unspecified atom stereocenters. The van der Waals surface area contributed by atoms with Crippen molar-refractivity contribution in [2.45, 2.75) is 54.4 Å². The van der Waals surface area contributed by atoms with Crippen molar-refractivity contribution in [1.29, 1.82) is 0 Å². The SMILES string of the molecule is CCNC(=NCCNC(=O)C(C)(C)C)N1CCC(CC(C)C)C1.I. The highest BCUT2D eigenvalue weighted by Crippen LogP contribution is 2.23. The Morgan fingerprint density at radius 2 is 1.96 bits per heavy atom. The molecule has 1 aliphatic rings. The summed E-state index contributed by atoms with van der Waals surface area (Å²) in [7, 11) is 0. The summed E-state index contributed by atoms with van der Waals surface area (Å²) in [5.41, 5.74) is -0.340. The van der Waals surface area contributed by atoms with Gasteiger partial charge < -0.3 is 15.5 Å².